The number of methoxy groups -OCH3 is 1. The second-order valence-electron chi connectivity index (χ2n) is 6.74. The predicted molar refractivity (Wildman–Crippen MR) is 108 cm³/mol. The van der Waals surface area contributed by atoms with Crippen LogP contribution in [0, 0.1) is 7.14 Å². The highest BCUT2D eigenvalue weighted by atomic mass is 127. The molecule has 2 aromatic rings. The molecule has 0 radical (unpaired) electrons. The minimum absolute atomic E-state index is 0.0568. The summed E-state index contributed by atoms with van der Waals surface area (Å²) < 4.78 is 13.4. The summed E-state index contributed by atoms with van der Waals surface area (Å²) in [4.78, 5) is 0. The number of unbranched alkanes of at least 4 members (excludes halogenated alkanes) is 5. The number of hydrogen-bond acceptors (Lipinski definition) is 4. The van der Waals surface area contributed by atoms with Crippen LogP contribution < -0.4 is 30.7 Å². The normalized spacial score (nSPS) is 10.9. The minimum Gasteiger partial charge on any atom is -0.497 e. The van der Waals surface area contributed by atoms with E-state index in [4.69, 9.17) is 9.47 Å². The minimum atomic E-state index is -0.515. The van der Waals surface area contributed by atoms with Gasteiger partial charge in [0.1, 0.15) is 11.5 Å². The Morgan fingerprint density at radius 2 is 1.43 bits per heavy atom. The molecule has 0 atom stereocenters. The van der Waals surface area contributed by atoms with E-state index in [0.717, 1.165) is 33.5 Å². The molecule has 0 saturated carbocycles. The second-order valence-corrected chi connectivity index (χ2v) is 9.60. The Balaban J connectivity index is 1.92. The maximum atomic E-state index is 9.73. The van der Waals surface area contributed by atoms with Gasteiger partial charge in [-0.25, -0.2) is 0 Å². The van der Waals surface area contributed by atoms with E-state index in [1.165, 1.54) is 35.7 Å². The van der Waals surface area contributed by atoms with Gasteiger partial charge in [-0.15, -0.1) is 0 Å². The highest BCUT2D eigenvalue weighted by molar-refractivity contribution is 5.33. The van der Waals surface area contributed by atoms with Crippen LogP contribution in [0.4, 0.5) is 0 Å². The van der Waals surface area contributed by atoms with Crippen LogP contribution in [0.15, 0.2) is 36.4 Å². The summed E-state index contributed by atoms with van der Waals surface area (Å²) in [5.74, 6) is 1.57. The van der Waals surface area contributed by atoms with Gasteiger partial charge in [0.05, 0.1) is 26.9 Å². The summed E-state index contributed by atoms with van der Waals surface area (Å²) in [7, 11) is 1.59. The quantitative estimate of drug-likeness (QED) is 0.325. The van der Waals surface area contributed by atoms with Crippen molar-refractivity contribution in [2.45, 2.75) is 58.7 Å². The van der Waals surface area contributed by atoms with Crippen molar-refractivity contribution < 1.29 is 40.9 Å². The molecule has 0 aliphatic heterocycles. The van der Waals surface area contributed by atoms with Gasteiger partial charge in [-0.05, 0) is 42.8 Å². The Hall–Kier alpha value is -1.31. The number of benzene rings is 2. The fourth-order valence-corrected chi connectivity index (χ4v) is 5.65. The Morgan fingerprint density at radius 1 is 0.821 bits per heavy atom. The molecular formula is C23H32IO4+. The third-order valence-corrected chi connectivity index (χ3v) is 7.82. The lowest BCUT2D eigenvalue weighted by Crippen LogP contribution is -3.62. The zero-order chi connectivity index (χ0) is 20.2. The number of aliphatic hydroxyl groups is 2. The van der Waals surface area contributed by atoms with Crippen LogP contribution in [-0.2, 0) is 13.2 Å². The van der Waals surface area contributed by atoms with Crippen molar-refractivity contribution in [3.8, 4) is 11.5 Å². The molecule has 0 amide bonds. The lowest BCUT2D eigenvalue weighted by molar-refractivity contribution is -0.599. The first-order valence-corrected chi connectivity index (χ1v) is 12.2. The van der Waals surface area contributed by atoms with Crippen LogP contribution in [0.5, 0.6) is 11.5 Å². The number of hydrogen-bond donors (Lipinski definition) is 2. The standard InChI is InChI=1S/C23H32IO4/c1-3-4-5-6-7-8-13-28-21-11-9-20(10-12-21)24-23-18(16-25)14-22(27-2)15-19(23)17-26/h9-12,14-15,25-26H,3-8,13,16-17H2,1-2H3/q+1. The van der Waals surface area contributed by atoms with E-state index in [0.29, 0.717) is 5.75 Å². The Morgan fingerprint density at radius 3 is 2.00 bits per heavy atom. The maximum Gasteiger partial charge on any atom is 0.358 e. The fraction of sp³-hybridized carbons (Fsp3) is 0.478. The molecule has 4 nitrogen and oxygen atoms in total. The van der Waals surface area contributed by atoms with Gasteiger partial charge in [-0.2, -0.15) is 0 Å². The first kappa shape index (κ1) is 23.0. The highest BCUT2D eigenvalue weighted by Crippen LogP contribution is 2.18. The second kappa shape index (κ2) is 13.0. The topological polar surface area (TPSA) is 58.9 Å². The lowest BCUT2D eigenvalue weighted by atomic mass is 10.1. The van der Waals surface area contributed by atoms with Gasteiger partial charge in [0, 0.05) is 11.1 Å². The van der Waals surface area contributed by atoms with E-state index in [1.807, 2.05) is 24.3 Å². The zero-order valence-electron chi connectivity index (χ0n) is 16.9. The molecule has 2 rings (SSSR count). The highest BCUT2D eigenvalue weighted by Gasteiger charge is 2.25. The molecule has 2 N–H and O–H groups in total. The monoisotopic (exact) mass is 499 g/mol. The third kappa shape index (κ3) is 7.26. The van der Waals surface area contributed by atoms with Gasteiger partial charge < -0.3 is 19.7 Å². The molecule has 5 heteroatoms. The molecule has 0 aliphatic carbocycles. The Labute approximate surface area is 179 Å². The van der Waals surface area contributed by atoms with Gasteiger partial charge in [0.2, 0.25) is 3.57 Å². The zero-order valence-corrected chi connectivity index (χ0v) is 19.1. The summed E-state index contributed by atoms with van der Waals surface area (Å²) in [6, 6.07) is 11.9. The first-order chi connectivity index (χ1) is 13.7. The van der Waals surface area contributed by atoms with Gasteiger partial charge in [-0.1, -0.05) is 39.0 Å². The first-order valence-electron chi connectivity index (χ1n) is 10.0. The third-order valence-electron chi connectivity index (χ3n) is 4.56. The van der Waals surface area contributed by atoms with Gasteiger partial charge in [0.15, 0.2) is 3.57 Å². The van der Waals surface area contributed by atoms with Crippen LogP contribution in [0.3, 0.4) is 0 Å². The summed E-state index contributed by atoms with van der Waals surface area (Å²) >= 11 is -0.515. The van der Waals surface area contributed by atoms with E-state index >= 15 is 0 Å². The van der Waals surface area contributed by atoms with E-state index < -0.39 is 21.2 Å². The number of ether oxygens (including phenoxy) is 2. The SMILES string of the molecule is CCCCCCCCOc1ccc([I+]c2c(CO)cc(OC)cc2CO)cc1. The van der Waals surface area contributed by atoms with E-state index in [-0.39, 0.29) is 13.2 Å². The lowest BCUT2D eigenvalue weighted by Gasteiger charge is -2.07. The predicted octanol–water partition coefficient (Wildman–Crippen LogP) is 1.55. The molecule has 0 heterocycles. The van der Waals surface area contributed by atoms with Gasteiger partial charge >= 0.3 is 21.2 Å². The molecule has 0 bridgehead atoms. The molecule has 0 spiro atoms. The summed E-state index contributed by atoms with van der Waals surface area (Å²) in [5, 5.41) is 19.5. The molecule has 0 saturated heterocycles. The average Bonchev–Trinajstić information content (AvgIpc) is 2.74. The fourth-order valence-electron chi connectivity index (χ4n) is 2.96. The summed E-state index contributed by atoms with van der Waals surface area (Å²) in [6.45, 7) is 2.89. The van der Waals surface area contributed by atoms with E-state index in [9.17, 15) is 10.2 Å². The maximum absolute atomic E-state index is 9.73. The molecule has 0 aromatic heterocycles. The van der Waals surface area contributed by atoms with E-state index in [1.54, 1.807) is 7.11 Å². The van der Waals surface area contributed by atoms with Crippen LogP contribution in [0.1, 0.15) is 56.6 Å². The number of halogens is 1. The van der Waals surface area contributed by atoms with Crippen molar-refractivity contribution in [1.29, 1.82) is 0 Å². The van der Waals surface area contributed by atoms with Gasteiger partial charge in [0.25, 0.3) is 0 Å². The number of rotatable bonds is 13. The Kier molecular flexibility index (Phi) is 10.7. The summed E-state index contributed by atoms with van der Waals surface area (Å²) in [6.07, 6.45) is 7.56. The molecule has 154 valence electrons. The molecular weight excluding hydrogens is 467 g/mol. The van der Waals surface area contributed by atoms with Crippen molar-refractivity contribution >= 4 is 0 Å². The smallest absolute Gasteiger partial charge is 0.358 e. The van der Waals surface area contributed by atoms with Crippen molar-refractivity contribution in [2.75, 3.05) is 13.7 Å². The van der Waals surface area contributed by atoms with Crippen molar-refractivity contribution in [3.05, 3.63) is 54.7 Å². The van der Waals surface area contributed by atoms with Crippen molar-refractivity contribution in [1.82, 2.24) is 0 Å². The van der Waals surface area contributed by atoms with Crippen LogP contribution in [0.2, 0.25) is 0 Å². The van der Waals surface area contributed by atoms with Crippen LogP contribution in [0.25, 0.3) is 0 Å². The van der Waals surface area contributed by atoms with Gasteiger partial charge in [-0.3, -0.25) is 0 Å². The molecule has 0 fully saturated rings. The van der Waals surface area contributed by atoms with Crippen molar-refractivity contribution in [3.63, 3.8) is 0 Å². The largest absolute Gasteiger partial charge is 0.497 e. The molecule has 0 unspecified atom stereocenters. The molecule has 0 aliphatic rings. The van der Waals surface area contributed by atoms with Crippen LogP contribution >= 0.6 is 0 Å². The Bertz CT molecular complexity index is 675. The summed E-state index contributed by atoms with van der Waals surface area (Å²) in [5.41, 5.74) is 1.67. The molecule has 28 heavy (non-hydrogen) atoms. The average molecular weight is 499 g/mol. The van der Waals surface area contributed by atoms with Crippen molar-refractivity contribution in [2.24, 2.45) is 0 Å². The molecule has 2 aromatic carbocycles. The van der Waals surface area contributed by atoms with Crippen LogP contribution in [-0.4, -0.2) is 23.9 Å². The van der Waals surface area contributed by atoms with E-state index in [2.05, 4.69) is 19.1 Å². The number of aliphatic hydroxyl groups excluding tert-OH is 2.